The zero-order valence-electron chi connectivity index (χ0n) is 16.0. The highest BCUT2D eigenvalue weighted by molar-refractivity contribution is 6.01. The Kier molecular flexibility index (Phi) is 3.92. The van der Waals surface area contributed by atoms with Gasteiger partial charge < -0.3 is 10.2 Å². The molecule has 4 aliphatic rings. The second kappa shape index (κ2) is 5.62. The number of hydrogen-bond acceptors (Lipinski definition) is 4. The number of hydrogen-bond donors (Lipinski definition) is 2. The van der Waals surface area contributed by atoms with E-state index >= 15 is 0 Å². The summed E-state index contributed by atoms with van der Waals surface area (Å²) in [5.41, 5.74) is -0.698. The molecule has 0 aromatic heterocycles. The van der Waals surface area contributed by atoms with E-state index in [1.807, 2.05) is 6.08 Å². The number of carbonyl (C=O) groups is 2. The smallest absolute Gasteiger partial charge is 0.192 e. The molecule has 2 N–H and O–H groups in total. The molecule has 4 rings (SSSR count). The second-order valence-electron chi connectivity index (χ2n) is 9.50. The van der Waals surface area contributed by atoms with Gasteiger partial charge in [0.1, 0.15) is 11.7 Å². The molecule has 0 amide bonds. The molecule has 0 aromatic rings. The fourth-order valence-corrected chi connectivity index (χ4v) is 6.96. The first-order valence-electron chi connectivity index (χ1n) is 10.0. The highest BCUT2D eigenvalue weighted by Crippen LogP contribution is 2.67. The molecule has 142 valence electrons. The Labute approximate surface area is 155 Å². The summed E-state index contributed by atoms with van der Waals surface area (Å²) in [6.07, 6.45) is 9.48. The van der Waals surface area contributed by atoms with E-state index in [0.29, 0.717) is 24.2 Å². The molecule has 4 nitrogen and oxygen atoms in total. The van der Waals surface area contributed by atoms with E-state index in [0.717, 1.165) is 32.1 Å². The molecule has 0 spiro atoms. The van der Waals surface area contributed by atoms with Crippen molar-refractivity contribution in [1.29, 1.82) is 0 Å². The molecule has 0 heterocycles. The summed E-state index contributed by atoms with van der Waals surface area (Å²) in [5.74, 6) is 0.873. The van der Waals surface area contributed by atoms with Crippen molar-refractivity contribution in [3.8, 4) is 0 Å². The number of fused-ring (bicyclic) bond motifs is 5. The Hall–Kier alpha value is -1.26. The summed E-state index contributed by atoms with van der Waals surface area (Å²) in [6, 6.07) is 0. The van der Waals surface area contributed by atoms with Crippen LogP contribution in [0.5, 0.6) is 0 Å². The lowest BCUT2D eigenvalue weighted by molar-refractivity contribution is -0.168. The van der Waals surface area contributed by atoms with E-state index in [1.165, 1.54) is 12.5 Å². The van der Waals surface area contributed by atoms with Crippen molar-refractivity contribution in [2.75, 3.05) is 0 Å². The van der Waals surface area contributed by atoms with Crippen LogP contribution < -0.4 is 0 Å². The Morgan fingerprint density at radius 2 is 1.88 bits per heavy atom. The van der Waals surface area contributed by atoms with Crippen LogP contribution >= 0.6 is 0 Å². The van der Waals surface area contributed by atoms with Crippen LogP contribution in [-0.2, 0) is 9.59 Å². The molecule has 4 aliphatic carbocycles. The maximum absolute atomic E-state index is 12.7. The van der Waals surface area contributed by atoms with Crippen LogP contribution in [0.4, 0.5) is 0 Å². The number of rotatable bonds is 2. The number of aliphatic hydroxyl groups excluding tert-OH is 1. The average molecular weight is 358 g/mol. The van der Waals surface area contributed by atoms with Gasteiger partial charge in [-0.25, -0.2) is 0 Å². The molecule has 0 radical (unpaired) electrons. The molecule has 7 atom stereocenters. The van der Waals surface area contributed by atoms with Gasteiger partial charge in [-0.2, -0.15) is 0 Å². The van der Waals surface area contributed by atoms with Gasteiger partial charge in [-0.1, -0.05) is 25.5 Å². The standard InChI is InChI=1S/C22H30O4/c1-13(23)19(25)22(26)11-8-18-16-5-4-14-12-15(24)6-9-20(14,2)17(16)7-10-21(18,22)3/h6,9,12-13,16-18,23,26H,4-5,7-8,10-11H2,1-3H3/t13?,16-,17+,18+,20+,21+,22+/m1/s1. The fraction of sp³-hybridized carbons (Fsp3) is 0.727. The largest absolute Gasteiger partial charge is 0.385 e. The van der Waals surface area contributed by atoms with Gasteiger partial charge in [0.15, 0.2) is 11.6 Å². The monoisotopic (exact) mass is 358 g/mol. The highest BCUT2D eigenvalue weighted by atomic mass is 16.3. The van der Waals surface area contributed by atoms with E-state index < -0.39 is 22.9 Å². The van der Waals surface area contributed by atoms with Gasteiger partial charge in [0.2, 0.25) is 0 Å². The van der Waals surface area contributed by atoms with Crippen LogP contribution in [0.25, 0.3) is 0 Å². The summed E-state index contributed by atoms with van der Waals surface area (Å²) in [6.45, 7) is 5.78. The van der Waals surface area contributed by atoms with E-state index in [9.17, 15) is 19.8 Å². The van der Waals surface area contributed by atoms with Crippen molar-refractivity contribution < 1.29 is 19.8 Å². The minimum atomic E-state index is -1.41. The van der Waals surface area contributed by atoms with E-state index in [-0.39, 0.29) is 11.2 Å². The van der Waals surface area contributed by atoms with Gasteiger partial charge in [-0.15, -0.1) is 0 Å². The van der Waals surface area contributed by atoms with Crippen LogP contribution in [-0.4, -0.2) is 33.5 Å². The summed E-state index contributed by atoms with van der Waals surface area (Å²) in [5, 5.41) is 21.2. The number of ketones is 2. The van der Waals surface area contributed by atoms with Gasteiger partial charge >= 0.3 is 0 Å². The number of carbonyl (C=O) groups excluding carboxylic acids is 2. The third-order valence-electron chi connectivity index (χ3n) is 8.50. The van der Waals surface area contributed by atoms with Gasteiger partial charge in [0.05, 0.1) is 0 Å². The second-order valence-corrected chi connectivity index (χ2v) is 9.50. The van der Waals surface area contributed by atoms with Crippen molar-refractivity contribution in [3.63, 3.8) is 0 Å². The molecule has 0 aromatic carbocycles. The normalized spacial score (nSPS) is 48.3. The van der Waals surface area contributed by atoms with Gasteiger partial charge in [-0.05, 0) is 75.4 Å². The van der Waals surface area contributed by atoms with Crippen molar-refractivity contribution in [3.05, 3.63) is 23.8 Å². The van der Waals surface area contributed by atoms with Gasteiger partial charge in [-0.3, -0.25) is 9.59 Å². The maximum Gasteiger partial charge on any atom is 0.192 e. The number of aliphatic hydroxyl groups is 2. The molecule has 26 heavy (non-hydrogen) atoms. The Morgan fingerprint density at radius 1 is 1.19 bits per heavy atom. The van der Waals surface area contributed by atoms with E-state index in [4.69, 9.17) is 0 Å². The van der Waals surface area contributed by atoms with Crippen molar-refractivity contribution in [1.82, 2.24) is 0 Å². The van der Waals surface area contributed by atoms with Crippen LogP contribution in [0.1, 0.15) is 59.3 Å². The SMILES string of the molecule is CC(O)C(=O)[C@@]1(O)CC[C@H]2[C@@H]3CCC4=CC(=O)C=C[C@]4(C)[C@H]3CC[C@@]21C. The van der Waals surface area contributed by atoms with Crippen molar-refractivity contribution in [2.45, 2.75) is 71.0 Å². The van der Waals surface area contributed by atoms with Crippen LogP contribution in [0.3, 0.4) is 0 Å². The van der Waals surface area contributed by atoms with Gasteiger partial charge in [0.25, 0.3) is 0 Å². The lowest BCUT2D eigenvalue weighted by atomic mass is 9.47. The van der Waals surface area contributed by atoms with Crippen LogP contribution in [0, 0.1) is 28.6 Å². The van der Waals surface area contributed by atoms with Crippen molar-refractivity contribution >= 4 is 11.6 Å². The first-order valence-corrected chi connectivity index (χ1v) is 10.0. The van der Waals surface area contributed by atoms with E-state index in [1.54, 1.807) is 6.08 Å². The van der Waals surface area contributed by atoms with Crippen LogP contribution in [0.2, 0.25) is 0 Å². The Morgan fingerprint density at radius 3 is 2.58 bits per heavy atom. The van der Waals surface area contributed by atoms with Crippen LogP contribution in [0.15, 0.2) is 23.8 Å². The summed E-state index contributed by atoms with van der Waals surface area (Å²) >= 11 is 0. The molecule has 1 unspecified atom stereocenters. The first kappa shape index (κ1) is 18.1. The molecule has 0 bridgehead atoms. The lowest BCUT2D eigenvalue weighted by Crippen LogP contribution is -2.58. The maximum atomic E-state index is 12.7. The third kappa shape index (κ3) is 2.15. The predicted octanol–water partition coefficient (Wildman–Crippen LogP) is 2.98. The van der Waals surface area contributed by atoms with Crippen molar-refractivity contribution in [2.24, 2.45) is 28.6 Å². The molecule has 0 saturated heterocycles. The first-order chi connectivity index (χ1) is 12.1. The number of Topliss-reactive ketones (excluding diaryl/α,β-unsaturated/α-hetero) is 1. The molecular formula is C22H30O4. The molecule has 3 saturated carbocycles. The number of allylic oxidation sites excluding steroid dienone is 4. The molecule has 0 aliphatic heterocycles. The zero-order chi connectivity index (χ0) is 18.9. The molecular weight excluding hydrogens is 328 g/mol. The predicted molar refractivity (Wildman–Crippen MR) is 98.3 cm³/mol. The average Bonchev–Trinajstić information content (AvgIpc) is 2.87. The van der Waals surface area contributed by atoms with Gasteiger partial charge in [0, 0.05) is 10.8 Å². The Balaban J connectivity index is 1.69. The summed E-state index contributed by atoms with van der Waals surface area (Å²) < 4.78 is 0. The highest BCUT2D eigenvalue weighted by Gasteiger charge is 2.66. The lowest BCUT2D eigenvalue weighted by Gasteiger charge is -2.58. The Bertz CT molecular complexity index is 720. The quantitative estimate of drug-likeness (QED) is 0.796. The van der Waals surface area contributed by atoms with E-state index in [2.05, 4.69) is 19.9 Å². The molecule has 4 heteroatoms. The fourth-order valence-electron chi connectivity index (χ4n) is 6.96. The minimum absolute atomic E-state index is 0.0762. The topological polar surface area (TPSA) is 74.6 Å². The summed E-state index contributed by atoms with van der Waals surface area (Å²) in [4.78, 5) is 24.5. The zero-order valence-corrected chi connectivity index (χ0v) is 16.0. The summed E-state index contributed by atoms with van der Waals surface area (Å²) in [7, 11) is 0. The molecule has 3 fully saturated rings. The minimum Gasteiger partial charge on any atom is -0.385 e. The third-order valence-corrected chi connectivity index (χ3v) is 8.50.